The van der Waals surface area contributed by atoms with Crippen LogP contribution in [-0.4, -0.2) is 38.7 Å². The van der Waals surface area contributed by atoms with Crippen molar-refractivity contribution < 1.29 is 4.74 Å². The maximum Gasteiger partial charge on any atom is 0.125 e. The van der Waals surface area contributed by atoms with Crippen LogP contribution in [-0.2, 0) is 6.42 Å². The van der Waals surface area contributed by atoms with Crippen LogP contribution in [0.1, 0.15) is 11.1 Å². The van der Waals surface area contributed by atoms with Crippen molar-refractivity contribution in [2.75, 3.05) is 33.8 Å². The van der Waals surface area contributed by atoms with Crippen LogP contribution in [0.25, 0.3) is 0 Å². The molecule has 0 aliphatic rings. The smallest absolute Gasteiger partial charge is 0.125 e. The topological polar surface area (TPSA) is 38.5 Å². The second-order valence-electron chi connectivity index (χ2n) is 4.25. The molecule has 0 heterocycles. The Bertz CT molecular complexity index is 324. The van der Waals surface area contributed by atoms with Gasteiger partial charge in [-0.05, 0) is 45.1 Å². The molecule has 0 aliphatic carbocycles. The first-order valence-electron chi connectivity index (χ1n) is 5.71. The van der Waals surface area contributed by atoms with Crippen LogP contribution in [0.5, 0.6) is 5.75 Å². The molecule has 16 heavy (non-hydrogen) atoms. The molecule has 0 aromatic heterocycles. The third-order valence-corrected chi connectivity index (χ3v) is 2.49. The first kappa shape index (κ1) is 13.0. The van der Waals surface area contributed by atoms with E-state index in [4.69, 9.17) is 10.5 Å². The second kappa shape index (κ2) is 6.51. The van der Waals surface area contributed by atoms with E-state index < -0.39 is 0 Å². The monoisotopic (exact) mass is 222 g/mol. The first-order valence-corrected chi connectivity index (χ1v) is 5.71. The zero-order valence-electron chi connectivity index (χ0n) is 10.5. The summed E-state index contributed by atoms with van der Waals surface area (Å²) in [5.74, 6) is 1.01. The third kappa shape index (κ3) is 3.83. The number of likely N-dealkylation sites (N-methyl/N-ethyl adjacent to an activating group) is 1. The van der Waals surface area contributed by atoms with Crippen molar-refractivity contribution in [3.8, 4) is 5.75 Å². The molecule has 0 atom stereocenters. The van der Waals surface area contributed by atoms with Crippen LogP contribution in [0.2, 0.25) is 0 Å². The fraction of sp³-hybridized carbons (Fsp3) is 0.538. The summed E-state index contributed by atoms with van der Waals surface area (Å²) >= 11 is 0. The zero-order chi connectivity index (χ0) is 12.0. The van der Waals surface area contributed by atoms with Gasteiger partial charge in [0.15, 0.2) is 0 Å². The first-order chi connectivity index (χ1) is 7.65. The normalized spacial score (nSPS) is 10.8. The molecule has 0 amide bonds. The maximum atomic E-state index is 5.83. The molecule has 3 heteroatoms. The Balaban J connectivity index is 2.68. The van der Waals surface area contributed by atoms with Gasteiger partial charge in [0, 0.05) is 6.54 Å². The Hall–Kier alpha value is -1.06. The Morgan fingerprint density at radius 3 is 2.69 bits per heavy atom. The Morgan fingerprint density at radius 2 is 2.06 bits per heavy atom. The predicted octanol–water partition coefficient (Wildman–Crippen LogP) is 1.44. The van der Waals surface area contributed by atoms with Crippen molar-refractivity contribution in [1.82, 2.24) is 4.90 Å². The number of benzene rings is 1. The lowest BCUT2D eigenvalue weighted by atomic mass is 10.1. The van der Waals surface area contributed by atoms with Gasteiger partial charge in [-0.15, -0.1) is 0 Å². The fourth-order valence-corrected chi connectivity index (χ4v) is 1.60. The fourth-order valence-electron chi connectivity index (χ4n) is 1.60. The Labute approximate surface area is 98.2 Å². The average molecular weight is 222 g/mol. The number of hydrogen-bond donors (Lipinski definition) is 1. The summed E-state index contributed by atoms with van der Waals surface area (Å²) < 4.78 is 5.83. The number of nitrogens with two attached hydrogens (primary N) is 1. The molecule has 1 rings (SSSR count). The Morgan fingerprint density at radius 1 is 1.31 bits per heavy atom. The summed E-state index contributed by atoms with van der Waals surface area (Å²) in [6.07, 6.45) is 0.874. The number of aryl methyl sites for hydroxylation is 1. The van der Waals surface area contributed by atoms with Crippen LogP contribution in [0, 0.1) is 6.92 Å². The summed E-state index contributed by atoms with van der Waals surface area (Å²) in [5, 5.41) is 0. The number of nitrogens with zero attached hydrogens (tertiary/aromatic N) is 1. The van der Waals surface area contributed by atoms with Crippen molar-refractivity contribution >= 4 is 0 Å². The van der Waals surface area contributed by atoms with E-state index in [1.54, 1.807) is 0 Å². The molecule has 0 saturated carbocycles. The highest BCUT2D eigenvalue weighted by Crippen LogP contribution is 2.23. The van der Waals surface area contributed by atoms with E-state index in [1.165, 1.54) is 11.1 Å². The van der Waals surface area contributed by atoms with Crippen LogP contribution in [0.3, 0.4) is 0 Å². The van der Waals surface area contributed by atoms with Gasteiger partial charge in [0.1, 0.15) is 12.4 Å². The van der Waals surface area contributed by atoms with Crippen LogP contribution in [0.15, 0.2) is 18.2 Å². The molecular formula is C13H22N2O. The molecule has 90 valence electrons. The van der Waals surface area contributed by atoms with Crippen molar-refractivity contribution in [2.24, 2.45) is 5.73 Å². The van der Waals surface area contributed by atoms with Crippen LogP contribution < -0.4 is 10.5 Å². The molecule has 2 N–H and O–H groups in total. The van der Waals surface area contributed by atoms with Gasteiger partial charge in [-0.3, -0.25) is 0 Å². The van der Waals surface area contributed by atoms with Gasteiger partial charge < -0.3 is 15.4 Å². The largest absolute Gasteiger partial charge is 0.492 e. The van der Waals surface area contributed by atoms with Gasteiger partial charge in [0.05, 0.1) is 0 Å². The van der Waals surface area contributed by atoms with Gasteiger partial charge in [0.25, 0.3) is 0 Å². The zero-order valence-corrected chi connectivity index (χ0v) is 10.5. The number of rotatable bonds is 6. The quantitative estimate of drug-likeness (QED) is 0.791. The van der Waals surface area contributed by atoms with Crippen molar-refractivity contribution in [3.63, 3.8) is 0 Å². The van der Waals surface area contributed by atoms with E-state index in [9.17, 15) is 0 Å². The standard InChI is InChI=1S/C13H22N2O/c1-11-5-4-6-12(7-8-14)13(11)16-10-9-15(2)3/h4-6H,7-10,14H2,1-3H3. The minimum atomic E-state index is 0.660. The number of para-hydroxylation sites is 1. The summed E-state index contributed by atoms with van der Waals surface area (Å²) in [5.41, 5.74) is 7.99. The predicted molar refractivity (Wildman–Crippen MR) is 68.0 cm³/mol. The summed E-state index contributed by atoms with van der Waals surface area (Å²) in [6.45, 7) is 4.38. The molecule has 0 unspecified atom stereocenters. The molecule has 1 aromatic carbocycles. The molecule has 0 saturated heterocycles. The summed E-state index contributed by atoms with van der Waals surface area (Å²) in [4.78, 5) is 2.11. The van der Waals surface area contributed by atoms with Gasteiger partial charge >= 0.3 is 0 Å². The molecule has 0 fully saturated rings. The van der Waals surface area contributed by atoms with E-state index in [0.717, 1.165) is 25.3 Å². The lowest BCUT2D eigenvalue weighted by Crippen LogP contribution is -2.20. The van der Waals surface area contributed by atoms with Crippen molar-refractivity contribution in [2.45, 2.75) is 13.3 Å². The van der Waals surface area contributed by atoms with Gasteiger partial charge in [0.2, 0.25) is 0 Å². The summed E-state index contributed by atoms with van der Waals surface area (Å²) in [7, 11) is 4.09. The Kier molecular flexibility index (Phi) is 5.29. The molecule has 0 aliphatic heterocycles. The minimum Gasteiger partial charge on any atom is -0.492 e. The minimum absolute atomic E-state index is 0.660. The van der Waals surface area contributed by atoms with Crippen molar-refractivity contribution in [3.05, 3.63) is 29.3 Å². The van der Waals surface area contributed by atoms with Crippen LogP contribution in [0.4, 0.5) is 0 Å². The molecule has 0 radical (unpaired) electrons. The van der Waals surface area contributed by atoms with Gasteiger partial charge in [-0.2, -0.15) is 0 Å². The SMILES string of the molecule is Cc1cccc(CCN)c1OCCN(C)C. The third-order valence-electron chi connectivity index (χ3n) is 2.49. The highest BCUT2D eigenvalue weighted by Gasteiger charge is 2.06. The van der Waals surface area contributed by atoms with E-state index in [1.807, 2.05) is 14.1 Å². The lowest BCUT2D eigenvalue weighted by Gasteiger charge is -2.15. The molecular weight excluding hydrogens is 200 g/mol. The molecule has 0 bridgehead atoms. The highest BCUT2D eigenvalue weighted by molar-refractivity contribution is 5.40. The van der Waals surface area contributed by atoms with Gasteiger partial charge in [-0.25, -0.2) is 0 Å². The van der Waals surface area contributed by atoms with E-state index >= 15 is 0 Å². The van der Waals surface area contributed by atoms with Gasteiger partial charge in [-0.1, -0.05) is 18.2 Å². The number of hydrogen-bond acceptors (Lipinski definition) is 3. The van der Waals surface area contributed by atoms with Crippen molar-refractivity contribution in [1.29, 1.82) is 0 Å². The van der Waals surface area contributed by atoms with E-state index in [2.05, 4.69) is 30.0 Å². The second-order valence-corrected chi connectivity index (χ2v) is 4.25. The molecule has 0 spiro atoms. The highest BCUT2D eigenvalue weighted by atomic mass is 16.5. The van der Waals surface area contributed by atoms with Crippen LogP contribution >= 0.6 is 0 Å². The van der Waals surface area contributed by atoms with E-state index in [-0.39, 0.29) is 0 Å². The average Bonchev–Trinajstić information content (AvgIpc) is 2.22. The lowest BCUT2D eigenvalue weighted by molar-refractivity contribution is 0.258. The van der Waals surface area contributed by atoms with E-state index in [0.29, 0.717) is 6.54 Å². The summed E-state index contributed by atoms with van der Waals surface area (Å²) in [6, 6.07) is 6.22. The molecule has 1 aromatic rings. The maximum absolute atomic E-state index is 5.83. The molecule has 3 nitrogen and oxygen atoms in total. The number of ether oxygens (including phenoxy) is 1.